The van der Waals surface area contributed by atoms with Crippen molar-refractivity contribution in [3.63, 3.8) is 0 Å². The van der Waals surface area contributed by atoms with Gasteiger partial charge in [-0.25, -0.2) is 8.42 Å². The molecule has 3 N–H and O–H groups in total. The fourth-order valence-corrected chi connectivity index (χ4v) is 3.55. The Morgan fingerprint density at radius 1 is 1.32 bits per heavy atom. The van der Waals surface area contributed by atoms with Crippen molar-refractivity contribution in [3.05, 3.63) is 0 Å². The van der Waals surface area contributed by atoms with Crippen LogP contribution in [0.1, 0.15) is 25.7 Å². The summed E-state index contributed by atoms with van der Waals surface area (Å²) in [7, 11) is -1.21. The lowest BCUT2D eigenvalue weighted by Gasteiger charge is -2.26. The highest BCUT2D eigenvalue weighted by molar-refractivity contribution is 7.91. The molecule has 7 heteroatoms. The number of nitrogens with one attached hydrogen (secondary N) is 1. The summed E-state index contributed by atoms with van der Waals surface area (Å²) in [5.41, 5.74) is 4.97. The molecule has 6 nitrogen and oxygen atoms in total. The summed E-state index contributed by atoms with van der Waals surface area (Å²) < 4.78 is 23.5. The third-order valence-electron chi connectivity index (χ3n) is 3.58. The number of nitrogens with zero attached hydrogens (tertiary/aromatic N) is 1. The number of rotatable bonds is 7. The van der Waals surface area contributed by atoms with Crippen LogP contribution in [0, 0.1) is 0 Å². The zero-order valence-corrected chi connectivity index (χ0v) is 12.4. The van der Waals surface area contributed by atoms with Gasteiger partial charge in [0.2, 0.25) is 5.91 Å². The van der Waals surface area contributed by atoms with E-state index in [0.717, 1.165) is 32.4 Å². The van der Waals surface area contributed by atoms with Gasteiger partial charge >= 0.3 is 0 Å². The molecule has 0 saturated carbocycles. The highest BCUT2D eigenvalue weighted by Crippen LogP contribution is 2.11. The normalized spacial score (nSPS) is 21.3. The maximum absolute atomic E-state index is 11.7. The van der Waals surface area contributed by atoms with Gasteiger partial charge in [0.05, 0.1) is 11.5 Å². The fraction of sp³-hybridized carbons (Fsp3) is 0.917. The van der Waals surface area contributed by atoms with Crippen molar-refractivity contribution in [1.82, 2.24) is 10.2 Å². The Kier molecular flexibility index (Phi) is 6.74. The van der Waals surface area contributed by atoms with Gasteiger partial charge in [0.1, 0.15) is 0 Å². The largest absolute Gasteiger partial charge is 0.370 e. The smallest absolute Gasteiger partial charge is 0.218 e. The molecule has 0 spiro atoms. The number of hydrogen-bond acceptors (Lipinski definition) is 5. The van der Waals surface area contributed by atoms with Gasteiger partial charge in [-0.1, -0.05) is 0 Å². The van der Waals surface area contributed by atoms with Crippen molar-refractivity contribution in [2.45, 2.75) is 31.7 Å². The van der Waals surface area contributed by atoms with Crippen molar-refractivity contribution in [1.29, 1.82) is 0 Å². The molecule has 1 unspecified atom stereocenters. The molecule has 0 bridgehead atoms. The van der Waals surface area contributed by atoms with Crippen LogP contribution in [0.25, 0.3) is 0 Å². The van der Waals surface area contributed by atoms with E-state index in [1.54, 1.807) is 0 Å². The summed E-state index contributed by atoms with van der Waals surface area (Å²) in [5, 5.41) is 3.34. The first kappa shape index (κ1) is 16.4. The number of amides is 1. The summed E-state index contributed by atoms with van der Waals surface area (Å²) in [6.45, 7) is 2.55. The monoisotopic (exact) mass is 291 g/mol. The van der Waals surface area contributed by atoms with E-state index in [4.69, 9.17) is 5.73 Å². The molecule has 1 saturated heterocycles. The van der Waals surface area contributed by atoms with E-state index in [1.165, 1.54) is 0 Å². The van der Waals surface area contributed by atoms with Crippen LogP contribution < -0.4 is 11.1 Å². The van der Waals surface area contributed by atoms with Gasteiger partial charge in [-0.2, -0.15) is 0 Å². The zero-order chi connectivity index (χ0) is 14.3. The fourth-order valence-electron chi connectivity index (χ4n) is 2.27. The Morgan fingerprint density at radius 3 is 2.74 bits per heavy atom. The molecule has 1 aliphatic heterocycles. The zero-order valence-electron chi connectivity index (χ0n) is 11.6. The summed E-state index contributed by atoms with van der Waals surface area (Å²) in [5.74, 6) is -0.602. The number of carbonyl (C=O) groups excluding carboxylic acids is 1. The van der Waals surface area contributed by atoms with Crippen LogP contribution in [-0.4, -0.2) is 63.5 Å². The Morgan fingerprint density at radius 2 is 2.05 bits per heavy atom. The average Bonchev–Trinajstić information content (AvgIpc) is 2.62. The van der Waals surface area contributed by atoms with Crippen LogP contribution in [0.3, 0.4) is 0 Å². The third kappa shape index (κ3) is 6.89. The SMILES string of the molecule is CN(CCS(=O)(=O)CCC(N)=O)C1CCCNCC1. The minimum Gasteiger partial charge on any atom is -0.370 e. The molecule has 1 fully saturated rings. The molecule has 112 valence electrons. The summed E-state index contributed by atoms with van der Waals surface area (Å²) in [4.78, 5) is 12.7. The number of sulfone groups is 1. The van der Waals surface area contributed by atoms with Gasteiger partial charge < -0.3 is 16.0 Å². The number of carbonyl (C=O) groups is 1. The second kappa shape index (κ2) is 7.81. The number of nitrogens with two attached hydrogens (primary N) is 1. The van der Waals surface area contributed by atoms with E-state index in [-0.39, 0.29) is 17.9 Å². The molecule has 1 atom stereocenters. The quantitative estimate of drug-likeness (QED) is 0.650. The van der Waals surface area contributed by atoms with Crippen molar-refractivity contribution >= 4 is 15.7 Å². The van der Waals surface area contributed by atoms with Crippen molar-refractivity contribution in [2.75, 3.05) is 38.2 Å². The minimum absolute atomic E-state index is 0.0839. The predicted molar refractivity (Wildman–Crippen MR) is 75.6 cm³/mol. The first-order valence-corrected chi connectivity index (χ1v) is 8.62. The molecule has 0 aromatic heterocycles. The summed E-state index contributed by atoms with van der Waals surface area (Å²) >= 11 is 0. The third-order valence-corrected chi connectivity index (χ3v) is 5.21. The topological polar surface area (TPSA) is 92.5 Å². The molecule has 0 aliphatic carbocycles. The molecule has 1 amide bonds. The van der Waals surface area contributed by atoms with E-state index in [1.807, 2.05) is 7.05 Å². The van der Waals surface area contributed by atoms with Crippen molar-refractivity contribution in [2.24, 2.45) is 5.73 Å². The number of hydrogen-bond donors (Lipinski definition) is 2. The molecule has 19 heavy (non-hydrogen) atoms. The van der Waals surface area contributed by atoms with E-state index < -0.39 is 15.7 Å². The molecular formula is C12H25N3O3S. The van der Waals surface area contributed by atoms with Crippen LogP contribution in [0.2, 0.25) is 0 Å². The van der Waals surface area contributed by atoms with Gasteiger partial charge in [0.15, 0.2) is 9.84 Å². The van der Waals surface area contributed by atoms with Crippen LogP contribution in [0.15, 0.2) is 0 Å². The molecular weight excluding hydrogens is 266 g/mol. The van der Waals surface area contributed by atoms with E-state index in [9.17, 15) is 13.2 Å². The molecule has 1 rings (SSSR count). The second-order valence-electron chi connectivity index (χ2n) is 5.18. The van der Waals surface area contributed by atoms with E-state index in [2.05, 4.69) is 10.2 Å². The van der Waals surface area contributed by atoms with Gasteiger partial charge in [0, 0.05) is 19.0 Å². The molecule has 0 aromatic rings. The van der Waals surface area contributed by atoms with Crippen LogP contribution in [0.5, 0.6) is 0 Å². The highest BCUT2D eigenvalue weighted by Gasteiger charge is 2.19. The van der Waals surface area contributed by atoms with Crippen LogP contribution >= 0.6 is 0 Å². The first-order valence-electron chi connectivity index (χ1n) is 6.80. The minimum atomic E-state index is -3.18. The Hall–Kier alpha value is -0.660. The second-order valence-corrected chi connectivity index (χ2v) is 7.49. The Labute approximate surface area is 115 Å². The van der Waals surface area contributed by atoms with E-state index in [0.29, 0.717) is 12.6 Å². The highest BCUT2D eigenvalue weighted by atomic mass is 32.2. The lowest BCUT2D eigenvalue weighted by Crippen LogP contribution is -2.36. The maximum Gasteiger partial charge on any atom is 0.218 e. The first-order chi connectivity index (χ1) is 8.91. The summed E-state index contributed by atoms with van der Waals surface area (Å²) in [6.07, 6.45) is 3.20. The van der Waals surface area contributed by atoms with Crippen LogP contribution in [-0.2, 0) is 14.6 Å². The van der Waals surface area contributed by atoms with E-state index >= 15 is 0 Å². The average molecular weight is 291 g/mol. The molecule has 0 aromatic carbocycles. The maximum atomic E-state index is 11.7. The Bertz CT molecular complexity index is 376. The lowest BCUT2D eigenvalue weighted by molar-refractivity contribution is -0.117. The van der Waals surface area contributed by atoms with Gasteiger partial charge in [-0.15, -0.1) is 0 Å². The van der Waals surface area contributed by atoms with Crippen molar-refractivity contribution in [3.8, 4) is 0 Å². The molecule has 1 aliphatic rings. The predicted octanol–water partition coefficient (Wildman–Crippen LogP) is -0.649. The van der Waals surface area contributed by atoms with Gasteiger partial charge in [0.25, 0.3) is 0 Å². The van der Waals surface area contributed by atoms with Gasteiger partial charge in [-0.3, -0.25) is 4.79 Å². The van der Waals surface area contributed by atoms with Crippen LogP contribution in [0.4, 0.5) is 0 Å². The lowest BCUT2D eigenvalue weighted by atomic mass is 10.1. The van der Waals surface area contributed by atoms with Crippen molar-refractivity contribution < 1.29 is 13.2 Å². The summed E-state index contributed by atoms with van der Waals surface area (Å²) in [6, 6.07) is 0.446. The standard InChI is InChI=1S/C12H25N3O3S/c1-15(11-3-2-6-14-7-4-11)8-10-19(17,18)9-5-12(13)16/h11,14H,2-10H2,1H3,(H2,13,16). The van der Waals surface area contributed by atoms with Gasteiger partial charge in [-0.05, 0) is 39.4 Å². The molecule has 0 radical (unpaired) electrons. The number of primary amides is 1. The molecule has 1 heterocycles. The Balaban J connectivity index is 2.35.